The highest BCUT2D eigenvalue weighted by molar-refractivity contribution is 9.10. The average Bonchev–Trinajstić information content (AvgIpc) is 3.04. The molecule has 2 aromatic rings. The van der Waals surface area contributed by atoms with Crippen LogP contribution >= 0.6 is 15.9 Å². The normalized spacial score (nSPS) is 17.3. The Morgan fingerprint density at radius 2 is 2.09 bits per heavy atom. The first-order valence-electron chi connectivity index (χ1n) is 7.81. The lowest BCUT2D eigenvalue weighted by Crippen LogP contribution is -2.31. The summed E-state index contributed by atoms with van der Waals surface area (Å²) in [5.41, 5.74) is 1.20. The first-order chi connectivity index (χ1) is 11.2. The van der Waals surface area contributed by atoms with E-state index in [9.17, 15) is 4.79 Å². The van der Waals surface area contributed by atoms with Gasteiger partial charge in [0.15, 0.2) is 0 Å². The third-order valence-corrected chi connectivity index (χ3v) is 4.57. The van der Waals surface area contributed by atoms with Crippen molar-refractivity contribution in [1.29, 1.82) is 0 Å². The summed E-state index contributed by atoms with van der Waals surface area (Å²) < 4.78 is 6.74. The van der Waals surface area contributed by atoms with Crippen molar-refractivity contribution in [2.75, 3.05) is 13.1 Å². The fourth-order valence-electron chi connectivity index (χ4n) is 2.72. The zero-order valence-electron chi connectivity index (χ0n) is 12.8. The minimum atomic E-state index is 0.0156. The van der Waals surface area contributed by atoms with Crippen LogP contribution < -0.4 is 4.74 Å². The smallest absolute Gasteiger partial charge is 0.228 e. The van der Waals surface area contributed by atoms with E-state index in [-0.39, 0.29) is 12.0 Å². The Bertz CT molecular complexity index is 663. The molecule has 1 atom stereocenters. The van der Waals surface area contributed by atoms with Gasteiger partial charge in [-0.25, -0.2) is 4.98 Å². The minimum Gasteiger partial charge on any atom is -0.472 e. The quantitative estimate of drug-likeness (QED) is 0.804. The van der Waals surface area contributed by atoms with Gasteiger partial charge < -0.3 is 9.64 Å². The maximum atomic E-state index is 12.3. The monoisotopic (exact) mass is 374 g/mol. The van der Waals surface area contributed by atoms with Gasteiger partial charge in [-0.15, -0.1) is 0 Å². The second-order valence-corrected chi connectivity index (χ2v) is 6.50. The van der Waals surface area contributed by atoms with Crippen LogP contribution in [0.5, 0.6) is 5.88 Å². The third kappa shape index (κ3) is 4.32. The van der Waals surface area contributed by atoms with Gasteiger partial charge in [-0.2, -0.15) is 0 Å². The molecule has 1 unspecified atom stereocenters. The molecule has 1 saturated heterocycles. The predicted molar refractivity (Wildman–Crippen MR) is 92.3 cm³/mol. The van der Waals surface area contributed by atoms with Crippen LogP contribution in [0.1, 0.15) is 18.4 Å². The molecule has 0 radical (unpaired) electrons. The van der Waals surface area contributed by atoms with E-state index in [0.717, 1.165) is 23.9 Å². The van der Waals surface area contributed by atoms with E-state index in [1.165, 1.54) is 5.56 Å². The number of carbonyl (C=O) groups is 1. The third-order valence-electron chi connectivity index (χ3n) is 3.97. The van der Waals surface area contributed by atoms with Crippen LogP contribution in [0.25, 0.3) is 0 Å². The molecule has 2 heterocycles. The first-order valence-corrected chi connectivity index (χ1v) is 8.60. The van der Waals surface area contributed by atoms with Crippen LogP contribution in [0.4, 0.5) is 0 Å². The number of benzene rings is 1. The van der Waals surface area contributed by atoms with Crippen LogP contribution in [0.15, 0.2) is 53.1 Å². The number of amides is 1. The summed E-state index contributed by atoms with van der Waals surface area (Å²) in [6, 6.07) is 13.9. The molecule has 1 aromatic heterocycles. The molecule has 1 aromatic carbocycles. The second kappa shape index (κ2) is 7.59. The fourth-order valence-corrected chi connectivity index (χ4v) is 3.07. The van der Waals surface area contributed by atoms with Crippen molar-refractivity contribution < 1.29 is 9.53 Å². The molecule has 1 amide bonds. The Balaban J connectivity index is 1.49. The predicted octanol–water partition coefficient (Wildman–Crippen LogP) is 3.46. The summed E-state index contributed by atoms with van der Waals surface area (Å²) in [6.07, 6.45) is 3.90. The molecular formula is C18H19BrN2O2. The highest BCUT2D eigenvalue weighted by atomic mass is 79.9. The number of rotatable bonds is 5. The van der Waals surface area contributed by atoms with Crippen molar-refractivity contribution >= 4 is 21.8 Å². The van der Waals surface area contributed by atoms with Gasteiger partial charge in [0.05, 0.1) is 11.0 Å². The Morgan fingerprint density at radius 1 is 1.26 bits per heavy atom. The Hall–Kier alpha value is -1.88. The first kappa shape index (κ1) is 16.0. The second-order valence-electron chi connectivity index (χ2n) is 5.64. The van der Waals surface area contributed by atoms with Crippen molar-refractivity contribution in [3.8, 4) is 5.88 Å². The highest BCUT2D eigenvalue weighted by Gasteiger charge is 2.27. The van der Waals surface area contributed by atoms with E-state index >= 15 is 0 Å². The van der Waals surface area contributed by atoms with Crippen LogP contribution in [0, 0.1) is 0 Å². The molecule has 5 heteroatoms. The number of aryl methyl sites for hydroxylation is 1. The number of halogens is 1. The number of pyridine rings is 1. The maximum Gasteiger partial charge on any atom is 0.228 e. The van der Waals surface area contributed by atoms with Crippen molar-refractivity contribution in [3.63, 3.8) is 0 Å². The molecule has 0 spiro atoms. The van der Waals surface area contributed by atoms with Crippen LogP contribution in [-0.4, -0.2) is 35.0 Å². The summed E-state index contributed by atoms with van der Waals surface area (Å²) in [7, 11) is 0. The average molecular weight is 375 g/mol. The van der Waals surface area contributed by atoms with Crippen molar-refractivity contribution in [1.82, 2.24) is 9.88 Å². The van der Waals surface area contributed by atoms with Crippen LogP contribution in [0.3, 0.4) is 0 Å². The van der Waals surface area contributed by atoms with Gasteiger partial charge in [0.1, 0.15) is 6.10 Å². The molecule has 4 nitrogen and oxygen atoms in total. The van der Waals surface area contributed by atoms with E-state index in [0.29, 0.717) is 18.8 Å². The lowest BCUT2D eigenvalue weighted by molar-refractivity contribution is -0.130. The zero-order valence-corrected chi connectivity index (χ0v) is 14.4. The van der Waals surface area contributed by atoms with Crippen LogP contribution in [0.2, 0.25) is 0 Å². The molecule has 1 fully saturated rings. The Morgan fingerprint density at radius 3 is 2.87 bits per heavy atom. The summed E-state index contributed by atoms with van der Waals surface area (Å²) in [6.45, 7) is 1.39. The zero-order chi connectivity index (χ0) is 16.1. The Kier molecular flexibility index (Phi) is 5.28. The number of carbonyl (C=O) groups excluding carboxylic acids is 1. The number of hydrogen-bond acceptors (Lipinski definition) is 3. The van der Waals surface area contributed by atoms with Gasteiger partial charge in [0, 0.05) is 25.6 Å². The fraction of sp³-hybridized carbons (Fsp3) is 0.333. The van der Waals surface area contributed by atoms with Gasteiger partial charge in [-0.3, -0.25) is 4.79 Å². The topological polar surface area (TPSA) is 42.4 Å². The minimum absolute atomic E-state index is 0.0156. The van der Waals surface area contributed by atoms with Crippen molar-refractivity contribution in [2.24, 2.45) is 0 Å². The summed E-state index contributed by atoms with van der Waals surface area (Å²) in [5.74, 6) is 0.788. The van der Waals surface area contributed by atoms with E-state index in [4.69, 9.17) is 4.74 Å². The van der Waals surface area contributed by atoms with Gasteiger partial charge in [0.2, 0.25) is 11.8 Å². The molecule has 0 bridgehead atoms. The lowest BCUT2D eigenvalue weighted by Gasteiger charge is -2.17. The Labute approximate surface area is 144 Å². The van der Waals surface area contributed by atoms with E-state index in [2.05, 4.69) is 33.0 Å². The molecule has 0 aliphatic carbocycles. The largest absolute Gasteiger partial charge is 0.472 e. The molecule has 3 rings (SSSR count). The maximum absolute atomic E-state index is 12.3. The molecule has 1 aliphatic rings. The molecular weight excluding hydrogens is 356 g/mol. The molecule has 23 heavy (non-hydrogen) atoms. The molecule has 1 aliphatic heterocycles. The summed E-state index contributed by atoms with van der Waals surface area (Å²) in [5, 5.41) is 0. The summed E-state index contributed by atoms with van der Waals surface area (Å²) >= 11 is 3.43. The van der Waals surface area contributed by atoms with Crippen molar-refractivity contribution in [2.45, 2.75) is 25.4 Å². The van der Waals surface area contributed by atoms with Gasteiger partial charge in [0.25, 0.3) is 0 Å². The lowest BCUT2D eigenvalue weighted by atomic mass is 10.1. The molecule has 0 N–H and O–H groups in total. The van der Waals surface area contributed by atoms with Crippen molar-refractivity contribution in [3.05, 3.63) is 58.7 Å². The SMILES string of the molecule is O=C(CCc1ccccc1)N1CCC(Oc2ncccc2Br)C1. The van der Waals surface area contributed by atoms with Gasteiger partial charge in [-0.1, -0.05) is 30.3 Å². The van der Waals surface area contributed by atoms with E-state index in [1.807, 2.05) is 35.2 Å². The highest BCUT2D eigenvalue weighted by Crippen LogP contribution is 2.24. The number of aromatic nitrogens is 1. The number of nitrogens with zero attached hydrogens (tertiary/aromatic N) is 2. The van der Waals surface area contributed by atoms with E-state index in [1.54, 1.807) is 6.20 Å². The standard InChI is InChI=1S/C18H19BrN2O2/c19-16-7-4-11-20-18(16)23-15-10-12-21(13-15)17(22)9-8-14-5-2-1-3-6-14/h1-7,11,15H,8-10,12-13H2. The van der Waals surface area contributed by atoms with E-state index < -0.39 is 0 Å². The number of ether oxygens (including phenoxy) is 1. The number of likely N-dealkylation sites (tertiary alicyclic amines) is 1. The molecule has 120 valence electrons. The summed E-state index contributed by atoms with van der Waals surface area (Å²) in [4.78, 5) is 18.4. The van der Waals surface area contributed by atoms with Gasteiger partial charge in [-0.05, 0) is 40.0 Å². The van der Waals surface area contributed by atoms with Crippen LogP contribution in [-0.2, 0) is 11.2 Å². The van der Waals surface area contributed by atoms with Gasteiger partial charge >= 0.3 is 0 Å². The number of hydrogen-bond donors (Lipinski definition) is 0. The molecule has 0 saturated carbocycles.